The molecule has 4 rings (SSSR count). The van der Waals surface area contributed by atoms with Crippen molar-refractivity contribution in [3.05, 3.63) is 41.5 Å². The van der Waals surface area contributed by atoms with E-state index in [1.54, 1.807) is 5.56 Å². The number of benzene rings is 1. The molecule has 4 atom stereocenters. The zero-order valence-corrected chi connectivity index (χ0v) is 15.2. The third kappa shape index (κ3) is 2.90. The monoisotopic (exact) mass is 298 g/mol. The molecule has 2 fully saturated rings. The van der Waals surface area contributed by atoms with Crippen LogP contribution in [0.1, 0.15) is 83.8 Å². The Balaban J connectivity index is 0.000000410. The van der Waals surface area contributed by atoms with Crippen LogP contribution in [0.3, 0.4) is 0 Å². The van der Waals surface area contributed by atoms with Crippen molar-refractivity contribution in [2.24, 2.45) is 17.3 Å². The number of fused-ring (bicyclic) bond motifs is 5. The zero-order valence-electron chi connectivity index (χ0n) is 15.2. The molecule has 122 valence electrons. The minimum Gasteiger partial charge on any atom is -0.0799 e. The molecule has 22 heavy (non-hydrogen) atoms. The van der Waals surface area contributed by atoms with Gasteiger partial charge in [0.1, 0.15) is 0 Å². The van der Waals surface area contributed by atoms with Crippen molar-refractivity contribution in [2.45, 2.75) is 72.6 Å². The van der Waals surface area contributed by atoms with Crippen molar-refractivity contribution >= 4 is 6.08 Å². The van der Waals surface area contributed by atoms with Gasteiger partial charge in [-0.1, -0.05) is 77.5 Å². The van der Waals surface area contributed by atoms with E-state index in [9.17, 15) is 0 Å². The predicted molar refractivity (Wildman–Crippen MR) is 99.1 cm³/mol. The van der Waals surface area contributed by atoms with E-state index in [-0.39, 0.29) is 0 Å². The maximum atomic E-state index is 2.55. The smallest absolute Gasteiger partial charge is 0.00899 e. The molecule has 0 amide bonds. The third-order valence-electron chi connectivity index (χ3n) is 6.01. The molecule has 3 aliphatic rings. The van der Waals surface area contributed by atoms with Crippen LogP contribution in [-0.2, 0) is 0 Å². The summed E-state index contributed by atoms with van der Waals surface area (Å²) in [5.41, 5.74) is 3.75. The molecule has 0 heteroatoms. The standard InChI is InChI=1S/C18H22.2C2H6/c1-18-11-4-7-17(18)16-9-8-13-5-2-3-6-14(13)15(16)10-12-18;2*1-2/h2-3,5-6,8-9,15-17H,4,7,10-12H2,1H3;2*1-2H3/t15-,16-,17+,18+;;/m1../s1. The number of rotatable bonds is 0. The van der Waals surface area contributed by atoms with Crippen molar-refractivity contribution in [2.75, 3.05) is 0 Å². The first-order valence-electron chi connectivity index (χ1n) is 9.55. The van der Waals surface area contributed by atoms with Crippen molar-refractivity contribution in [3.8, 4) is 0 Å². The number of hydrogen-bond acceptors (Lipinski definition) is 0. The zero-order chi connectivity index (χ0) is 16.2. The molecule has 0 nitrogen and oxygen atoms in total. The Kier molecular flexibility index (Phi) is 5.89. The van der Waals surface area contributed by atoms with Crippen molar-refractivity contribution < 1.29 is 0 Å². The number of allylic oxidation sites excluding steroid dienone is 1. The van der Waals surface area contributed by atoms with Crippen molar-refractivity contribution in [3.63, 3.8) is 0 Å². The summed E-state index contributed by atoms with van der Waals surface area (Å²) >= 11 is 0. The molecular weight excluding hydrogens is 264 g/mol. The lowest BCUT2D eigenvalue weighted by Crippen LogP contribution is -2.37. The van der Waals surface area contributed by atoms with E-state index in [1.807, 2.05) is 27.7 Å². The fourth-order valence-electron chi connectivity index (χ4n) is 5.03. The van der Waals surface area contributed by atoms with Gasteiger partial charge in [-0.2, -0.15) is 0 Å². The first kappa shape index (κ1) is 17.3. The largest absolute Gasteiger partial charge is 0.0799 e. The predicted octanol–water partition coefficient (Wildman–Crippen LogP) is 7.07. The lowest BCUT2D eigenvalue weighted by molar-refractivity contribution is 0.0946. The summed E-state index contributed by atoms with van der Waals surface area (Å²) in [6, 6.07) is 9.04. The van der Waals surface area contributed by atoms with Crippen LogP contribution >= 0.6 is 0 Å². The van der Waals surface area contributed by atoms with Gasteiger partial charge in [-0.3, -0.25) is 0 Å². The molecule has 0 aliphatic heterocycles. The molecule has 0 bridgehead atoms. The Hall–Kier alpha value is -1.04. The number of hydrogen-bond donors (Lipinski definition) is 0. The van der Waals surface area contributed by atoms with Gasteiger partial charge in [0.2, 0.25) is 0 Å². The molecule has 3 aliphatic carbocycles. The van der Waals surface area contributed by atoms with Gasteiger partial charge in [0.25, 0.3) is 0 Å². The summed E-state index contributed by atoms with van der Waals surface area (Å²) in [5, 5.41) is 0. The topological polar surface area (TPSA) is 0 Å². The second kappa shape index (κ2) is 7.49. The second-order valence-electron chi connectivity index (χ2n) is 6.86. The highest BCUT2D eigenvalue weighted by molar-refractivity contribution is 5.58. The van der Waals surface area contributed by atoms with Gasteiger partial charge in [-0.15, -0.1) is 0 Å². The van der Waals surface area contributed by atoms with Gasteiger partial charge in [0.15, 0.2) is 0 Å². The van der Waals surface area contributed by atoms with E-state index in [0.29, 0.717) is 5.41 Å². The molecule has 0 radical (unpaired) electrons. The van der Waals surface area contributed by atoms with Crippen LogP contribution in [0, 0.1) is 17.3 Å². The van der Waals surface area contributed by atoms with Gasteiger partial charge in [-0.05, 0) is 60.0 Å². The summed E-state index contributed by atoms with van der Waals surface area (Å²) in [5.74, 6) is 2.57. The highest BCUT2D eigenvalue weighted by atomic mass is 14.5. The van der Waals surface area contributed by atoms with Crippen LogP contribution in [0.25, 0.3) is 6.08 Å². The molecule has 0 N–H and O–H groups in total. The van der Waals surface area contributed by atoms with E-state index in [0.717, 1.165) is 17.8 Å². The fourth-order valence-corrected chi connectivity index (χ4v) is 5.03. The van der Waals surface area contributed by atoms with E-state index >= 15 is 0 Å². The van der Waals surface area contributed by atoms with Gasteiger partial charge in [-0.25, -0.2) is 0 Å². The Morgan fingerprint density at radius 3 is 2.45 bits per heavy atom. The normalized spacial score (nSPS) is 34.1. The van der Waals surface area contributed by atoms with E-state index in [4.69, 9.17) is 0 Å². The van der Waals surface area contributed by atoms with E-state index in [1.165, 1.54) is 37.7 Å². The summed E-state index contributed by atoms with van der Waals surface area (Å²) in [4.78, 5) is 0. The Labute approximate surface area is 138 Å². The third-order valence-corrected chi connectivity index (χ3v) is 6.01. The first-order chi connectivity index (χ1) is 10.8. The fraction of sp³-hybridized carbons (Fsp3) is 0.636. The van der Waals surface area contributed by atoms with Crippen molar-refractivity contribution in [1.29, 1.82) is 0 Å². The maximum absolute atomic E-state index is 2.55. The molecule has 0 spiro atoms. The summed E-state index contributed by atoms with van der Waals surface area (Å²) in [6.45, 7) is 10.6. The van der Waals surface area contributed by atoms with Crippen molar-refractivity contribution in [1.82, 2.24) is 0 Å². The van der Waals surface area contributed by atoms with Gasteiger partial charge in [0.05, 0.1) is 0 Å². The van der Waals surface area contributed by atoms with Gasteiger partial charge >= 0.3 is 0 Å². The average molecular weight is 299 g/mol. The molecule has 0 saturated heterocycles. The van der Waals surface area contributed by atoms with E-state index in [2.05, 4.69) is 43.3 Å². The Morgan fingerprint density at radius 2 is 1.68 bits per heavy atom. The van der Waals surface area contributed by atoms with Crippen LogP contribution < -0.4 is 0 Å². The highest BCUT2D eigenvalue weighted by Crippen LogP contribution is 2.59. The minimum absolute atomic E-state index is 0.651. The summed E-state index contributed by atoms with van der Waals surface area (Å²) in [7, 11) is 0. The molecule has 0 aromatic heterocycles. The molecule has 0 unspecified atom stereocenters. The minimum atomic E-state index is 0.651. The molecule has 1 aromatic rings. The van der Waals surface area contributed by atoms with Crippen LogP contribution in [0.4, 0.5) is 0 Å². The molecule has 1 aromatic carbocycles. The van der Waals surface area contributed by atoms with Gasteiger partial charge < -0.3 is 0 Å². The Morgan fingerprint density at radius 1 is 0.955 bits per heavy atom. The maximum Gasteiger partial charge on any atom is -0.00899 e. The summed E-state index contributed by atoms with van der Waals surface area (Å²) in [6.07, 6.45) is 12.2. The van der Waals surface area contributed by atoms with E-state index < -0.39 is 0 Å². The summed E-state index contributed by atoms with van der Waals surface area (Å²) < 4.78 is 0. The van der Waals surface area contributed by atoms with Crippen LogP contribution in [0.5, 0.6) is 0 Å². The second-order valence-corrected chi connectivity index (χ2v) is 6.86. The molecule has 2 saturated carbocycles. The first-order valence-corrected chi connectivity index (χ1v) is 9.55. The SMILES string of the molecule is CC.CC.C[C@@]12CCC[C@H]1[C@@H]1C=Cc3ccccc3[C@H]1CC2. The lowest BCUT2D eigenvalue weighted by atomic mass is 9.57. The lowest BCUT2D eigenvalue weighted by Gasteiger charge is -2.47. The molecule has 0 heterocycles. The van der Waals surface area contributed by atoms with Gasteiger partial charge in [0, 0.05) is 0 Å². The van der Waals surface area contributed by atoms with Crippen LogP contribution in [-0.4, -0.2) is 0 Å². The quantitative estimate of drug-likeness (QED) is 0.480. The highest BCUT2D eigenvalue weighted by Gasteiger charge is 2.49. The molecular formula is C22H34. The average Bonchev–Trinajstić information content (AvgIpc) is 3.00. The Bertz CT molecular complexity index is 499. The van der Waals surface area contributed by atoms with Crippen LogP contribution in [0.15, 0.2) is 30.3 Å². The van der Waals surface area contributed by atoms with Crippen LogP contribution in [0.2, 0.25) is 0 Å².